The van der Waals surface area contributed by atoms with E-state index in [1.807, 2.05) is 26.0 Å². The van der Waals surface area contributed by atoms with Gasteiger partial charge in [0.05, 0.1) is 0 Å². The van der Waals surface area contributed by atoms with Crippen molar-refractivity contribution in [2.24, 2.45) is 0 Å². The van der Waals surface area contributed by atoms with Gasteiger partial charge in [-0.25, -0.2) is 0 Å². The molecule has 5 heavy (non-hydrogen) atoms. The summed E-state index contributed by atoms with van der Waals surface area (Å²) in [7, 11) is 6.00. The van der Waals surface area contributed by atoms with Crippen molar-refractivity contribution >= 4 is 0 Å². The SMILES string of the molecule is CN(C)C.[Pt+2]. The molecule has 0 atom stereocenters. The molecule has 0 aromatic heterocycles. The van der Waals surface area contributed by atoms with Gasteiger partial charge in [-0.05, 0) is 21.1 Å². The predicted octanol–water partition coefficient (Wildman–Crippen LogP) is 0.175. The summed E-state index contributed by atoms with van der Waals surface area (Å²) >= 11 is 0. The fourth-order valence-corrected chi connectivity index (χ4v) is 0. The normalized spacial score (nSPS) is 7.20. The van der Waals surface area contributed by atoms with Gasteiger partial charge in [0, 0.05) is 0 Å². The second kappa shape index (κ2) is 4.65. The molecule has 0 aliphatic carbocycles. The molecule has 0 amide bonds. The zero-order valence-electron chi connectivity index (χ0n) is 3.76. The Morgan fingerprint density at radius 1 is 1.00 bits per heavy atom. The molecule has 2 heteroatoms. The minimum Gasteiger partial charge on any atom is -0.312 e. The van der Waals surface area contributed by atoms with E-state index >= 15 is 0 Å². The summed E-state index contributed by atoms with van der Waals surface area (Å²) < 4.78 is 0. The first-order chi connectivity index (χ1) is 1.73. The zero-order valence-corrected chi connectivity index (χ0v) is 6.04. The van der Waals surface area contributed by atoms with Gasteiger partial charge in [0.1, 0.15) is 0 Å². The van der Waals surface area contributed by atoms with E-state index in [9.17, 15) is 0 Å². The molecule has 0 N–H and O–H groups in total. The molecular formula is C3H9NPt+2. The Kier molecular flexibility index (Phi) is 8.52. The van der Waals surface area contributed by atoms with Gasteiger partial charge in [-0.15, -0.1) is 0 Å². The number of hydrogen-bond acceptors (Lipinski definition) is 1. The Morgan fingerprint density at radius 3 is 1.00 bits per heavy atom. The molecule has 0 fully saturated rings. The molecule has 0 radical (unpaired) electrons. The molecule has 0 rings (SSSR count). The van der Waals surface area contributed by atoms with Crippen LogP contribution in [0.3, 0.4) is 0 Å². The Labute approximate surface area is 47.6 Å². The van der Waals surface area contributed by atoms with Gasteiger partial charge in [0.2, 0.25) is 0 Å². The van der Waals surface area contributed by atoms with Crippen LogP contribution in [-0.4, -0.2) is 26.0 Å². The Balaban J connectivity index is 0. The third-order valence-corrected chi connectivity index (χ3v) is 0. The second-order valence-corrected chi connectivity index (χ2v) is 1.34. The van der Waals surface area contributed by atoms with Crippen molar-refractivity contribution in [3.8, 4) is 0 Å². The van der Waals surface area contributed by atoms with Crippen molar-refractivity contribution in [3.05, 3.63) is 0 Å². The van der Waals surface area contributed by atoms with Crippen LogP contribution in [0.5, 0.6) is 0 Å². The van der Waals surface area contributed by atoms with Crippen LogP contribution in [0.2, 0.25) is 0 Å². The van der Waals surface area contributed by atoms with Gasteiger partial charge < -0.3 is 4.90 Å². The summed E-state index contributed by atoms with van der Waals surface area (Å²) in [5.74, 6) is 0. The zero-order chi connectivity index (χ0) is 3.58. The van der Waals surface area contributed by atoms with Crippen molar-refractivity contribution in [2.45, 2.75) is 0 Å². The van der Waals surface area contributed by atoms with Crippen molar-refractivity contribution in [1.29, 1.82) is 0 Å². The van der Waals surface area contributed by atoms with Crippen LogP contribution < -0.4 is 0 Å². The molecule has 0 saturated heterocycles. The van der Waals surface area contributed by atoms with E-state index in [1.165, 1.54) is 0 Å². The summed E-state index contributed by atoms with van der Waals surface area (Å²) in [4.78, 5) is 2.00. The predicted molar refractivity (Wildman–Crippen MR) is 19.6 cm³/mol. The van der Waals surface area contributed by atoms with E-state index in [2.05, 4.69) is 0 Å². The summed E-state index contributed by atoms with van der Waals surface area (Å²) in [6, 6.07) is 0. The Hall–Kier alpha value is 0.648. The topological polar surface area (TPSA) is 3.24 Å². The van der Waals surface area contributed by atoms with Gasteiger partial charge >= 0.3 is 21.1 Å². The maximum atomic E-state index is 2.00. The Morgan fingerprint density at radius 2 is 1.00 bits per heavy atom. The molecule has 0 aliphatic heterocycles. The maximum Gasteiger partial charge on any atom is 2.00 e. The van der Waals surface area contributed by atoms with Crippen LogP contribution in [0, 0.1) is 0 Å². The first-order valence-corrected chi connectivity index (χ1v) is 1.34. The van der Waals surface area contributed by atoms with Gasteiger partial charge in [0.15, 0.2) is 0 Å². The van der Waals surface area contributed by atoms with Crippen molar-refractivity contribution < 1.29 is 21.1 Å². The van der Waals surface area contributed by atoms with Crippen LogP contribution in [0.15, 0.2) is 0 Å². The van der Waals surface area contributed by atoms with Gasteiger partial charge in [-0.3, -0.25) is 0 Å². The molecule has 0 bridgehead atoms. The van der Waals surface area contributed by atoms with E-state index in [4.69, 9.17) is 0 Å². The molecule has 0 spiro atoms. The van der Waals surface area contributed by atoms with Crippen molar-refractivity contribution in [2.75, 3.05) is 21.1 Å². The summed E-state index contributed by atoms with van der Waals surface area (Å²) in [6.45, 7) is 0. The van der Waals surface area contributed by atoms with E-state index in [0.717, 1.165) is 0 Å². The number of rotatable bonds is 0. The van der Waals surface area contributed by atoms with Gasteiger partial charge in [0.25, 0.3) is 0 Å². The minimum atomic E-state index is 0. The van der Waals surface area contributed by atoms with E-state index in [1.54, 1.807) is 0 Å². The third kappa shape index (κ3) is 77.6. The van der Waals surface area contributed by atoms with E-state index in [-0.39, 0.29) is 21.1 Å². The summed E-state index contributed by atoms with van der Waals surface area (Å²) in [5, 5.41) is 0. The van der Waals surface area contributed by atoms with Crippen LogP contribution in [0.1, 0.15) is 0 Å². The molecule has 0 heterocycles. The van der Waals surface area contributed by atoms with Crippen molar-refractivity contribution in [3.63, 3.8) is 0 Å². The van der Waals surface area contributed by atoms with Crippen LogP contribution >= 0.6 is 0 Å². The molecule has 0 saturated carbocycles. The number of hydrogen-bond donors (Lipinski definition) is 0. The molecule has 0 unspecified atom stereocenters. The summed E-state index contributed by atoms with van der Waals surface area (Å²) in [6.07, 6.45) is 0. The quantitative estimate of drug-likeness (QED) is 0.596. The fourth-order valence-electron chi connectivity index (χ4n) is 0. The standard InChI is InChI=1S/C3H9N.Pt/c1-4(2)3;/h1-3H3;/q;+2. The van der Waals surface area contributed by atoms with Crippen molar-refractivity contribution in [1.82, 2.24) is 4.90 Å². The average Bonchev–Trinajstić information content (AvgIpc) is 0.811. The first kappa shape index (κ1) is 9.17. The largest absolute Gasteiger partial charge is 2.00 e. The molecule has 34 valence electrons. The average molecular weight is 254 g/mol. The minimum absolute atomic E-state index is 0. The molecule has 0 aromatic rings. The fraction of sp³-hybridized carbons (Fsp3) is 1.00. The van der Waals surface area contributed by atoms with E-state index in [0.29, 0.717) is 0 Å². The van der Waals surface area contributed by atoms with Gasteiger partial charge in [-0.1, -0.05) is 0 Å². The molecule has 1 nitrogen and oxygen atoms in total. The number of nitrogens with zero attached hydrogens (tertiary/aromatic N) is 1. The first-order valence-electron chi connectivity index (χ1n) is 1.34. The molecule has 0 aromatic carbocycles. The molecule has 0 aliphatic rings. The smallest absolute Gasteiger partial charge is 0.312 e. The van der Waals surface area contributed by atoms with Gasteiger partial charge in [-0.2, -0.15) is 0 Å². The summed E-state index contributed by atoms with van der Waals surface area (Å²) in [5.41, 5.74) is 0. The third-order valence-electron chi connectivity index (χ3n) is 0. The second-order valence-electron chi connectivity index (χ2n) is 1.34. The van der Waals surface area contributed by atoms with Crippen LogP contribution in [0.25, 0.3) is 0 Å². The van der Waals surface area contributed by atoms with E-state index < -0.39 is 0 Å². The Bertz CT molecular complexity index is 11.6. The maximum absolute atomic E-state index is 2.00. The molecular weight excluding hydrogens is 245 g/mol. The van der Waals surface area contributed by atoms with Crippen LogP contribution in [-0.2, 0) is 21.1 Å². The van der Waals surface area contributed by atoms with Crippen LogP contribution in [0.4, 0.5) is 0 Å². The monoisotopic (exact) mass is 254 g/mol.